The Kier molecular flexibility index (Phi) is 7.13. The molecule has 0 saturated carbocycles. The number of fused-ring (bicyclic) bond motifs is 3. The van der Waals surface area contributed by atoms with Crippen LogP contribution in [0, 0.1) is 5.92 Å². The third kappa shape index (κ3) is 4.31. The number of carbonyl (C=O) groups excluding carboxylic acids is 3. The third-order valence-corrected chi connectivity index (χ3v) is 5.51. The molecule has 0 heterocycles. The number of benzene rings is 3. The van der Waals surface area contributed by atoms with E-state index in [4.69, 9.17) is 14.2 Å². The first-order chi connectivity index (χ1) is 15.3. The van der Waals surface area contributed by atoms with Crippen LogP contribution in [0.3, 0.4) is 0 Å². The Bertz CT molecular complexity index is 1180. The number of hydrogen-bond donors (Lipinski definition) is 0. The zero-order valence-corrected chi connectivity index (χ0v) is 19.1. The van der Waals surface area contributed by atoms with Crippen LogP contribution >= 0.6 is 0 Å². The summed E-state index contributed by atoms with van der Waals surface area (Å²) in [7, 11) is 2.51. The number of ether oxygens (including phenoxy) is 3. The quantitative estimate of drug-likeness (QED) is 0.286. The Morgan fingerprint density at radius 3 is 2.12 bits per heavy atom. The lowest BCUT2D eigenvalue weighted by atomic mass is 9.82. The minimum absolute atomic E-state index is 0.0424. The molecule has 3 aromatic carbocycles. The molecule has 0 N–H and O–H groups in total. The number of carbonyl (C=O) groups is 3. The standard InChI is InChI=1S/C26H28O6/c1-6-32-24(27)21(13-15(2)3)20-14-19-17-10-8-7-9-16(17)11-12-18(19)22(25(28)30-4)23(20)26(29)31-5/h7-12,14-15,21H,6,13H2,1-5H3. The van der Waals surface area contributed by atoms with Crippen molar-refractivity contribution in [3.8, 4) is 0 Å². The average molecular weight is 437 g/mol. The minimum atomic E-state index is -0.740. The fourth-order valence-electron chi connectivity index (χ4n) is 4.15. The van der Waals surface area contributed by atoms with E-state index >= 15 is 0 Å². The van der Waals surface area contributed by atoms with Crippen molar-refractivity contribution in [2.45, 2.75) is 33.1 Å². The van der Waals surface area contributed by atoms with E-state index in [9.17, 15) is 14.4 Å². The molecule has 1 unspecified atom stereocenters. The summed E-state index contributed by atoms with van der Waals surface area (Å²) < 4.78 is 15.4. The van der Waals surface area contributed by atoms with E-state index in [1.165, 1.54) is 14.2 Å². The average Bonchev–Trinajstić information content (AvgIpc) is 2.80. The summed E-state index contributed by atoms with van der Waals surface area (Å²) in [5.74, 6) is -2.41. The van der Waals surface area contributed by atoms with Crippen molar-refractivity contribution in [1.29, 1.82) is 0 Å². The van der Waals surface area contributed by atoms with Gasteiger partial charge in [-0.1, -0.05) is 50.2 Å². The molecule has 0 bridgehead atoms. The normalized spacial score (nSPS) is 12.1. The summed E-state index contributed by atoms with van der Waals surface area (Å²) in [4.78, 5) is 38.9. The fraction of sp³-hybridized carbons (Fsp3) is 0.346. The Hall–Kier alpha value is -3.41. The van der Waals surface area contributed by atoms with Gasteiger partial charge in [-0.05, 0) is 52.4 Å². The molecule has 0 saturated heterocycles. The van der Waals surface area contributed by atoms with Gasteiger partial charge in [0, 0.05) is 0 Å². The van der Waals surface area contributed by atoms with E-state index in [0.717, 1.165) is 16.2 Å². The maximum Gasteiger partial charge on any atom is 0.339 e. The van der Waals surface area contributed by atoms with Crippen molar-refractivity contribution >= 4 is 39.5 Å². The van der Waals surface area contributed by atoms with Crippen LogP contribution < -0.4 is 0 Å². The van der Waals surface area contributed by atoms with Crippen LogP contribution in [0.1, 0.15) is 59.4 Å². The van der Waals surface area contributed by atoms with Crippen molar-refractivity contribution in [1.82, 2.24) is 0 Å². The van der Waals surface area contributed by atoms with Crippen LogP contribution in [0.4, 0.5) is 0 Å². The third-order valence-electron chi connectivity index (χ3n) is 5.51. The molecule has 0 aliphatic rings. The number of esters is 3. The number of rotatable bonds is 7. The van der Waals surface area contributed by atoms with Gasteiger partial charge in [-0.3, -0.25) is 4.79 Å². The van der Waals surface area contributed by atoms with E-state index in [0.29, 0.717) is 17.4 Å². The molecule has 0 spiro atoms. The van der Waals surface area contributed by atoms with Crippen LogP contribution in [0.2, 0.25) is 0 Å². The molecular formula is C26H28O6. The maximum absolute atomic E-state index is 13.0. The lowest BCUT2D eigenvalue weighted by Crippen LogP contribution is -2.23. The van der Waals surface area contributed by atoms with Gasteiger partial charge < -0.3 is 14.2 Å². The Morgan fingerprint density at radius 1 is 0.844 bits per heavy atom. The lowest BCUT2D eigenvalue weighted by Gasteiger charge is -2.23. The number of methoxy groups -OCH3 is 2. The summed E-state index contributed by atoms with van der Waals surface area (Å²) in [5, 5.41) is 3.19. The summed E-state index contributed by atoms with van der Waals surface area (Å²) in [6, 6.07) is 13.3. The molecule has 32 heavy (non-hydrogen) atoms. The van der Waals surface area contributed by atoms with Crippen LogP contribution in [0.5, 0.6) is 0 Å². The molecule has 0 aliphatic carbocycles. The summed E-state index contributed by atoms with van der Waals surface area (Å²) in [5.41, 5.74) is 0.546. The summed E-state index contributed by atoms with van der Waals surface area (Å²) >= 11 is 0. The highest BCUT2D eigenvalue weighted by molar-refractivity contribution is 6.19. The summed E-state index contributed by atoms with van der Waals surface area (Å²) in [6.45, 7) is 5.92. The highest BCUT2D eigenvalue weighted by Crippen LogP contribution is 2.38. The molecule has 3 aromatic rings. The molecule has 0 fully saturated rings. The molecule has 168 valence electrons. The van der Waals surface area contributed by atoms with Crippen molar-refractivity contribution in [3.63, 3.8) is 0 Å². The second-order valence-electron chi connectivity index (χ2n) is 8.01. The van der Waals surface area contributed by atoms with Gasteiger partial charge >= 0.3 is 17.9 Å². The van der Waals surface area contributed by atoms with E-state index in [1.807, 2.05) is 50.2 Å². The first kappa shape index (κ1) is 23.3. The zero-order chi connectivity index (χ0) is 23.4. The summed E-state index contributed by atoms with van der Waals surface area (Å²) in [6.07, 6.45) is 0.444. The van der Waals surface area contributed by atoms with E-state index in [-0.39, 0.29) is 23.7 Å². The van der Waals surface area contributed by atoms with Gasteiger partial charge in [0.05, 0.1) is 37.9 Å². The molecule has 3 rings (SSSR count). The largest absolute Gasteiger partial charge is 0.466 e. The van der Waals surface area contributed by atoms with Crippen molar-refractivity contribution < 1.29 is 28.6 Å². The van der Waals surface area contributed by atoms with E-state index in [2.05, 4.69) is 0 Å². The van der Waals surface area contributed by atoms with E-state index < -0.39 is 23.8 Å². The molecule has 0 radical (unpaired) electrons. The SMILES string of the molecule is CCOC(=O)C(CC(C)C)c1cc2c(ccc3ccccc32)c(C(=O)OC)c1C(=O)OC. The Balaban J connectivity index is 2.51. The Labute approximate surface area is 187 Å². The zero-order valence-electron chi connectivity index (χ0n) is 19.1. The molecule has 0 aliphatic heterocycles. The van der Waals surface area contributed by atoms with Crippen molar-refractivity contribution in [3.05, 3.63) is 59.2 Å². The number of hydrogen-bond acceptors (Lipinski definition) is 6. The van der Waals surface area contributed by atoms with Gasteiger partial charge in [0.2, 0.25) is 0 Å². The predicted octanol–water partition coefficient (Wildman–Crippen LogP) is 5.26. The molecule has 6 nitrogen and oxygen atoms in total. The lowest BCUT2D eigenvalue weighted by molar-refractivity contribution is -0.145. The van der Waals surface area contributed by atoms with Gasteiger partial charge in [0.25, 0.3) is 0 Å². The second kappa shape index (κ2) is 9.81. The van der Waals surface area contributed by atoms with Crippen molar-refractivity contribution in [2.75, 3.05) is 20.8 Å². The highest BCUT2D eigenvalue weighted by atomic mass is 16.5. The van der Waals surface area contributed by atoms with Gasteiger partial charge in [-0.25, -0.2) is 9.59 Å². The first-order valence-corrected chi connectivity index (χ1v) is 10.7. The molecule has 0 aromatic heterocycles. The van der Waals surface area contributed by atoms with Crippen LogP contribution in [0.25, 0.3) is 21.5 Å². The van der Waals surface area contributed by atoms with Gasteiger partial charge in [0.15, 0.2) is 0 Å². The molecular weight excluding hydrogens is 408 g/mol. The topological polar surface area (TPSA) is 78.9 Å². The monoisotopic (exact) mass is 436 g/mol. The molecule has 6 heteroatoms. The van der Waals surface area contributed by atoms with Crippen LogP contribution in [-0.4, -0.2) is 38.7 Å². The first-order valence-electron chi connectivity index (χ1n) is 10.7. The van der Waals surface area contributed by atoms with Gasteiger partial charge in [-0.15, -0.1) is 0 Å². The molecule has 1 atom stereocenters. The maximum atomic E-state index is 13.0. The smallest absolute Gasteiger partial charge is 0.339 e. The van der Waals surface area contributed by atoms with Gasteiger partial charge in [-0.2, -0.15) is 0 Å². The van der Waals surface area contributed by atoms with Crippen LogP contribution in [0.15, 0.2) is 42.5 Å². The van der Waals surface area contributed by atoms with Crippen LogP contribution in [-0.2, 0) is 19.0 Å². The highest BCUT2D eigenvalue weighted by Gasteiger charge is 2.33. The van der Waals surface area contributed by atoms with Crippen molar-refractivity contribution in [2.24, 2.45) is 5.92 Å². The van der Waals surface area contributed by atoms with E-state index in [1.54, 1.807) is 13.0 Å². The molecule has 0 amide bonds. The predicted molar refractivity (Wildman–Crippen MR) is 123 cm³/mol. The van der Waals surface area contributed by atoms with Gasteiger partial charge in [0.1, 0.15) is 0 Å². The minimum Gasteiger partial charge on any atom is -0.466 e. The Morgan fingerprint density at radius 2 is 1.50 bits per heavy atom. The second-order valence-corrected chi connectivity index (χ2v) is 8.01. The fourth-order valence-corrected chi connectivity index (χ4v) is 4.15.